The summed E-state index contributed by atoms with van der Waals surface area (Å²) >= 11 is 0. The van der Waals surface area contributed by atoms with Crippen LogP contribution in [0.25, 0.3) is 0 Å². The molecule has 2 N–H and O–H groups in total. The van der Waals surface area contributed by atoms with Crippen molar-refractivity contribution in [2.24, 2.45) is 0 Å². The van der Waals surface area contributed by atoms with Crippen LogP contribution >= 0.6 is 0 Å². The lowest BCUT2D eigenvalue weighted by atomic mass is 10.3. The molecular formula is C11H15NO5S. The molecular weight excluding hydrogens is 258 g/mol. The topological polar surface area (TPSA) is 92.7 Å². The Labute approximate surface area is 106 Å². The van der Waals surface area contributed by atoms with Gasteiger partial charge in [-0.15, -0.1) is 0 Å². The first-order valence-electron chi connectivity index (χ1n) is 5.40. The molecule has 0 aliphatic rings. The van der Waals surface area contributed by atoms with Crippen molar-refractivity contribution in [3.8, 4) is 5.75 Å². The van der Waals surface area contributed by atoms with Crippen LogP contribution in [0.4, 0.5) is 0 Å². The predicted octanol–water partition coefficient (Wildman–Crippen LogP) is 0.624. The molecule has 0 spiro atoms. The Morgan fingerprint density at radius 2 is 2.06 bits per heavy atom. The molecule has 0 bridgehead atoms. The number of hydrogen-bond acceptors (Lipinski definition) is 5. The van der Waals surface area contributed by atoms with Crippen LogP contribution in [-0.4, -0.2) is 32.6 Å². The van der Waals surface area contributed by atoms with Gasteiger partial charge < -0.3 is 9.84 Å². The van der Waals surface area contributed by atoms with Gasteiger partial charge in [-0.1, -0.05) is 12.1 Å². The number of hydrogen-bond donors (Lipinski definition) is 2. The summed E-state index contributed by atoms with van der Waals surface area (Å²) in [4.78, 5) is 10.8. The normalized spacial score (nSPS) is 11.2. The van der Waals surface area contributed by atoms with Crippen molar-refractivity contribution in [3.63, 3.8) is 0 Å². The monoisotopic (exact) mass is 273 g/mol. The first-order chi connectivity index (χ1) is 8.47. The first-order valence-corrected chi connectivity index (χ1v) is 6.89. The fourth-order valence-electron chi connectivity index (χ4n) is 1.28. The van der Waals surface area contributed by atoms with Crippen LogP contribution in [0, 0.1) is 0 Å². The molecule has 0 aliphatic carbocycles. The van der Waals surface area contributed by atoms with Crippen molar-refractivity contribution in [1.82, 2.24) is 4.72 Å². The molecule has 0 fully saturated rings. The standard InChI is InChI=1S/C11H15NO5S/c1-2-17-11(14)7-8-12-18(15,16)10-6-4-3-5-9(10)13/h3-6,12-13H,2,7-8H2,1H3. The highest BCUT2D eigenvalue weighted by Crippen LogP contribution is 2.20. The molecule has 1 rings (SSSR count). The number of esters is 1. The van der Waals surface area contributed by atoms with E-state index in [1.807, 2.05) is 0 Å². The first kappa shape index (κ1) is 14.5. The third kappa shape index (κ3) is 4.01. The third-order valence-electron chi connectivity index (χ3n) is 2.08. The maximum absolute atomic E-state index is 11.8. The number of para-hydroxylation sites is 1. The Morgan fingerprint density at radius 1 is 1.39 bits per heavy atom. The minimum absolute atomic E-state index is 0.0549. The summed E-state index contributed by atoms with van der Waals surface area (Å²) in [5.74, 6) is -0.807. The second-order valence-electron chi connectivity index (χ2n) is 3.42. The zero-order valence-corrected chi connectivity index (χ0v) is 10.7. The van der Waals surface area contributed by atoms with Gasteiger partial charge in [0, 0.05) is 6.54 Å². The predicted molar refractivity (Wildman–Crippen MR) is 64.5 cm³/mol. The van der Waals surface area contributed by atoms with Crippen molar-refractivity contribution in [1.29, 1.82) is 0 Å². The molecule has 0 aliphatic heterocycles. The van der Waals surface area contributed by atoms with Gasteiger partial charge in [-0.25, -0.2) is 13.1 Å². The number of aromatic hydroxyl groups is 1. The fraction of sp³-hybridized carbons (Fsp3) is 0.364. The van der Waals surface area contributed by atoms with Gasteiger partial charge in [0.25, 0.3) is 0 Å². The van der Waals surface area contributed by atoms with Crippen molar-refractivity contribution in [3.05, 3.63) is 24.3 Å². The maximum atomic E-state index is 11.8. The Hall–Kier alpha value is -1.60. The lowest BCUT2D eigenvalue weighted by Crippen LogP contribution is -2.26. The van der Waals surface area contributed by atoms with Crippen LogP contribution in [0.3, 0.4) is 0 Å². The molecule has 0 saturated heterocycles. The van der Waals surface area contributed by atoms with E-state index < -0.39 is 16.0 Å². The van der Waals surface area contributed by atoms with Crippen molar-refractivity contribution in [2.75, 3.05) is 13.2 Å². The summed E-state index contributed by atoms with van der Waals surface area (Å²) in [6, 6.07) is 5.58. The average Bonchev–Trinajstić information content (AvgIpc) is 2.29. The number of rotatable bonds is 6. The molecule has 0 heterocycles. The van der Waals surface area contributed by atoms with E-state index in [4.69, 9.17) is 0 Å². The largest absolute Gasteiger partial charge is 0.507 e. The number of ether oxygens (including phenoxy) is 1. The Balaban J connectivity index is 2.61. The van der Waals surface area contributed by atoms with Gasteiger partial charge in [-0.3, -0.25) is 4.79 Å². The van der Waals surface area contributed by atoms with E-state index >= 15 is 0 Å². The van der Waals surface area contributed by atoms with E-state index in [1.165, 1.54) is 24.3 Å². The number of nitrogens with one attached hydrogen (secondary N) is 1. The molecule has 0 saturated carbocycles. The molecule has 6 nitrogen and oxygen atoms in total. The number of phenolic OH excluding ortho intramolecular Hbond substituents is 1. The van der Waals surface area contributed by atoms with Crippen LogP contribution < -0.4 is 4.72 Å². The van der Waals surface area contributed by atoms with E-state index in [0.717, 1.165) is 0 Å². The van der Waals surface area contributed by atoms with Gasteiger partial charge in [0.05, 0.1) is 13.0 Å². The smallest absolute Gasteiger partial charge is 0.307 e. The second kappa shape index (κ2) is 6.36. The maximum Gasteiger partial charge on any atom is 0.307 e. The summed E-state index contributed by atoms with van der Waals surface area (Å²) in [6.45, 7) is 1.85. The van der Waals surface area contributed by atoms with Gasteiger partial charge >= 0.3 is 5.97 Å². The lowest BCUT2D eigenvalue weighted by Gasteiger charge is -2.07. The minimum atomic E-state index is -3.81. The molecule has 0 amide bonds. The van der Waals surface area contributed by atoms with Crippen LogP contribution in [0.1, 0.15) is 13.3 Å². The summed E-state index contributed by atoms with van der Waals surface area (Å²) < 4.78 is 30.4. The second-order valence-corrected chi connectivity index (χ2v) is 5.16. The summed E-state index contributed by atoms with van der Waals surface area (Å²) in [5.41, 5.74) is 0. The highest BCUT2D eigenvalue weighted by molar-refractivity contribution is 7.89. The zero-order valence-electron chi connectivity index (χ0n) is 9.92. The molecule has 0 unspecified atom stereocenters. The summed E-state index contributed by atoms with van der Waals surface area (Å²) in [7, 11) is -3.81. The van der Waals surface area contributed by atoms with Gasteiger partial charge in [-0.2, -0.15) is 0 Å². The van der Waals surface area contributed by atoms with Crippen molar-refractivity contribution >= 4 is 16.0 Å². The van der Waals surface area contributed by atoms with Crippen LogP contribution in [0.2, 0.25) is 0 Å². The van der Waals surface area contributed by atoms with E-state index in [0.29, 0.717) is 0 Å². The average molecular weight is 273 g/mol. The Bertz CT molecular complexity index is 512. The third-order valence-corrected chi connectivity index (χ3v) is 3.59. The number of sulfonamides is 1. The van der Waals surface area contributed by atoms with E-state index in [9.17, 15) is 18.3 Å². The van der Waals surface area contributed by atoms with E-state index in [2.05, 4.69) is 9.46 Å². The molecule has 1 aromatic rings. The highest BCUT2D eigenvalue weighted by Gasteiger charge is 2.17. The molecule has 0 radical (unpaired) electrons. The fourth-order valence-corrected chi connectivity index (χ4v) is 2.41. The lowest BCUT2D eigenvalue weighted by molar-refractivity contribution is -0.142. The molecule has 100 valence electrons. The molecule has 0 atom stereocenters. The van der Waals surface area contributed by atoms with Crippen molar-refractivity contribution in [2.45, 2.75) is 18.2 Å². The molecule has 0 aromatic heterocycles. The minimum Gasteiger partial charge on any atom is -0.507 e. The zero-order chi connectivity index (χ0) is 13.6. The van der Waals surface area contributed by atoms with E-state index in [1.54, 1.807) is 6.92 Å². The summed E-state index contributed by atoms with van der Waals surface area (Å²) in [6.07, 6.45) is -0.0549. The number of benzene rings is 1. The van der Waals surface area contributed by atoms with Gasteiger partial charge in [0.1, 0.15) is 10.6 Å². The van der Waals surface area contributed by atoms with E-state index in [-0.39, 0.29) is 30.2 Å². The van der Waals surface area contributed by atoms with Gasteiger partial charge in [0.2, 0.25) is 10.0 Å². The van der Waals surface area contributed by atoms with Gasteiger partial charge in [0.15, 0.2) is 0 Å². The summed E-state index contributed by atoms with van der Waals surface area (Å²) in [5, 5.41) is 9.43. The highest BCUT2D eigenvalue weighted by atomic mass is 32.2. The molecule has 7 heteroatoms. The van der Waals surface area contributed by atoms with Gasteiger partial charge in [-0.05, 0) is 19.1 Å². The number of carbonyl (C=O) groups excluding carboxylic acids is 1. The Morgan fingerprint density at radius 3 is 2.67 bits per heavy atom. The molecule has 1 aromatic carbocycles. The molecule has 18 heavy (non-hydrogen) atoms. The van der Waals surface area contributed by atoms with Crippen LogP contribution in [0.15, 0.2) is 29.2 Å². The number of carbonyl (C=O) groups is 1. The Kier molecular flexibility index (Phi) is 5.11. The van der Waals surface area contributed by atoms with Crippen LogP contribution in [-0.2, 0) is 19.6 Å². The quantitative estimate of drug-likeness (QED) is 0.741. The number of phenols is 1. The SMILES string of the molecule is CCOC(=O)CCNS(=O)(=O)c1ccccc1O. The van der Waals surface area contributed by atoms with Crippen LogP contribution in [0.5, 0.6) is 5.75 Å². The van der Waals surface area contributed by atoms with Crippen molar-refractivity contribution < 1.29 is 23.1 Å².